The molecule has 148 valence electrons. The summed E-state index contributed by atoms with van der Waals surface area (Å²) < 4.78 is 5.37. The zero-order chi connectivity index (χ0) is 19.4. The third-order valence-corrected chi connectivity index (χ3v) is 5.59. The van der Waals surface area contributed by atoms with Crippen molar-refractivity contribution >= 4 is 17.3 Å². The number of amides is 1. The molecule has 1 amide bonds. The number of hydrogen-bond acceptors (Lipinski definition) is 6. The van der Waals surface area contributed by atoms with Crippen molar-refractivity contribution in [3.8, 4) is 0 Å². The highest BCUT2D eigenvalue weighted by molar-refractivity contribution is 5.96. The Bertz CT molecular complexity index is 684. The summed E-state index contributed by atoms with van der Waals surface area (Å²) in [5, 5.41) is 14.5. The fourth-order valence-electron chi connectivity index (χ4n) is 3.75. The third-order valence-electron chi connectivity index (χ3n) is 5.59. The van der Waals surface area contributed by atoms with E-state index in [0.717, 1.165) is 39.0 Å². The van der Waals surface area contributed by atoms with Crippen molar-refractivity contribution < 1.29 is 14.5 Å². The van der Waals surface area contributed by atoms with E-state index in [1.54, 1.807) is 12.1 Å². The fourth-order valence-corrected chi connectivity index (χ4v) is 3.75. The van der Waals surface area contributed by atoms with Crippen LogP contribution in [0.5, 0.6) is 0 Å². The van der Waals surface area contributed by atoms with Gasteiger partial charge in [-0.2, -0.15) is 0 Å². The number of hydrogen-bond donors (Lipinski definition) is 1. The summed E-state index contributed by atoms with van der Waals surface area (Å²) in [6.07, 6.45) is 2.08. The normalized spacial score (nSPS) is 20.3. The Labute approximate surface area is 159 Å². The molecule has 1 N–H and O–H groups in total. The molecule has 0 bridgehead atoms. The van der Waals surface area contributed by atoms with Crippen molar-refractivity contribution in [3.63, 3.8) is 0 Å². The molecule has 0 unspecified atom stereocenters. The third kappa shape index (κ3) is 4.56. The Hall–Kier alpha value is -2.19. The van der Waals surface area contributed by atoms with Crippen LogP contribution in [0.4, 0.5) is 11.4 Å². The maximum absolute atomic E-state index is 12.7. The molecule has 8 nitrogen and oxygen atoms in total. The molecular weight excluding hydrogens is 348 g/mol. The Morgan fingerprint density at radius 3 is 2.48 bits per heavy atom. The van der Waals surface area contributed by atoms with Gasteiger partial charge in [0.1, 0.15) is 5.69 Å². The van der Waals surface area contributed by atoms with E-state index in [1.165, 1.54) is 6.07 Å². The van der Waals surface area contributed by atoms with Crippen LogP contribution < -0.4 is 10.2 Å². The van der Waals surface area contributed by atoms with Crippen molar-refractivity contribution in [1.82, 2.24) is 10.2 Å². The molecule has 2 atom stereocenters. The second kappa shape index (κ2) is 8.67. The lowest BCUT2D eigenvalue weighted by atomic mass is 10.1. The molecule has 2 heterocycles. The zero-order valence-electron chi connectivity index (χ0n) is 16.0. The second-order valence-corrected chi connectivity index (χ2v) is 7.31. The summed E-state index contributed by atoms with van der Waals surface area (Å²) in [6, 6.07) is 4.87. The number of carbonyl (C=O) groups excluding carboxylic acids is 1. The molecule has 0 spiro atoms. The maximum atomic E-state index is 12.7. The number of benzene rings is 1. The van der Waals surface area contributed by atoms with Crippen LogP contribution in [0.1, 0.15) is 37.0 Å². The zero-order valence-corrected chi connectivity index (χ0v) is 16.0. The maximum Gasteiger partial charge on any atom is 0.293 e. The van der Waals surface area contributed by atoms with Crippen LogP contribution in [0.3, 0.4) is 0 Å². The number of nitro benzene ring substituents is 1. The molecular formula is C19H28N4O4. The summed E-state index contributed by atoms with van der Waals surface area (Å²) >= 11 is 0. The first-order valence-corrected chi connectivity index (χ1v) is 9.63. The summed E-state index contributed by atoms with van der Waals surface area (Å²) in [7, 11) is 0. The second-order valence-electron chi connectivity index (χ2n) is 7.31. The molecule has 3 rings (SSSR count). The first kappa shape index (κ1) is 19.6. The predicted octanol–water partition coefficient (Wildman–Crippen LogP) is 2.03. The predicted molar refractivity (Wildman–Crippen MR) is 103 cm³/mol. The van der Waals surface area contributed by atoms with Gasteiger partial charge in [0.05, 0.1) is 18.1 Å². The van der Waals surface area contributed by atoms with Crippen molar-refractivity contribution in [1.29, 1.82) is 0 Å². The fraction of sp³-hybridized carbons (Fsp3) is 0.632. The van der Waals surface area contributed by atoms with Crippen LogP contribution in [0, 0.1) is 10.1 Å². The average Bonchev–Trinajstić information content (AvgIpc) is 3.22. The van der Waals surface area contributed by atoms with Crippen molar-refractivity contribution in [2.45, 2.75) is 38.8 Å². The molecule has 2 fully saturated rings. The van der Waals surface area contributed by atoms with Crippen LogP contribution in [-0.4, -0.2) is 67.2 Å². The van der Waals surface area contributed by atoms with Crippen molar-refractivity contribution in [3.05, 3.63) is 33.9 Å². The molecule has 8 heteroatoms. The molecule has 27 heavy (non-hydrogen) atoms. The number of carbonyl (C=O) groups is 1. The number of nitrogens with zero attached hydrogens (tertiary/aromatic N) is 3. The molecule has 2 saturated heterocycles. The summed E-state index contributed by atoms with van der Waals surface area (Å²) in [6.45, 7) is 8.78. The highest BCUT2D eigenvalue weighted by Gasteiger charge is 2.26. The molecule has 2 aliphatic heterocycles. The Morgan fingerprint density at radius 2 is 1.85 bits per heavy atom. The lowest BCUT2D eigenvalue weighted by Gasteiger charge is -2.35. The minimum atomic E-state index is -0.399. The molecule has 0 saturated carbocycles. The highest BCUT2D eigenvalue weighted by Crippen LogP contribution is 2.31. The minimum Gasteiger partial charge on any atom is -0.379 e. The molecule has 1 aromatic rings. The van der Waals surface area contributed by atoms with Gasteiger partial charge in [0.25, 0.3) is 11.6 Å². The number of nitrogens with one attached hydrogen (secondary N) is 1. The van der Waals surface area contributed by atoms with E-state index in [2.05, 4.69) is 17.1 Å². The summed E-state index contributed by atoms with van der Waals surface area (Å²) in [4.78, 5) is 28.1. The number of rotatable bonds is 6. The lowest BCUT2D eigenvalue weighted by Crippen LogP contribution is -2.52. The van der Waals surface area contributed by atoms with Gasteiger partial charge in [-0.05, 0) is 38.8 Å². The molecule has 0 aromatic heterocycles. The Morgan fingerprint density at radius 1 is 1.19 bits per heavy atom. The Balaban J connectivity index is 1.70. The van der Waals surface area contributed by atoms with Gasteiger partial charge in [-0.1, -0.05) is 0 Å². The van der Waals surface area contributed by atoms with Gasteiger partial charge >= 0.3 is 0 Å². The van der Waals surface area contributed by atoms with Gasteiger partial charge in [0.15, 0.2) is 0 Å². The van der Waals surface area contributed by atoms with Crippen LogP contribution in [0.2, 0.25) is 0 Å². The van der Waals surface area contributed by atoms with Gasteiger partial charge in [-0.15, -0.1) is 0 Å². The summed E-state index contributed by atoms with van der Waals surface area (Å²) in [5.41, 5.74) is 0.924. The van der Waals surface area contributed by atoms with Gasteiger partial charge in [-0.25, -0.2) is 0 Å². The quantitative estimate of drug-likeness (QED) is 0.604. The Kier molecular flexibility index (Phi) is 6.28. The van der Waals surface area contributed by atoms with Gasteiger partial charge < -0.3 is 15.0 Å². The number of ether oxygens (including phenoxy) is 1. The largest absolute Gasteiger partial charge is 0.379 e. The molecule has 0 aliphatic carbocycles. The minimum absolute atomic E-state index is 0.00145. The molecule has 2 aliphatic rings. The standard InChI is InChI=1S/C19H28N4O4/c1-14(15(2)21-9-11-27-12-10-21)20-19(24)16-5-6-17(18(13-16)23(25)26)22-7-3-4-8-22/h5-6,13-15H,3-4,7-12H2,1-2H3,(H,20,24)/t14-,15+/m0/s1. The number of anilines is 1. The highest BCUT2D eigenvalue weighted by atomic mass is 16.6. The first-order valence-electron chi connectivity index (χ1n) is 9.63. The smallest absolute Gasteiger partial charge is 0.293 e. The van der Waals surface area contributed by atoms with Crippen molar-refractivity contribution in [2.75, 3.05) is 44.3 Å². The lowest BCUT2D eigenvalue weighted by molar-refractivity contribution is -0.384. The van der Waals surface area contributed by atoms with Crippen LogP contribution in [-0.2, 0) is 4.74 Å². The topological polar surface area (TPSA) is 88.0 Å². The van der Waals surface area contributed by atoms with Crippen LogP contribution >= 0.6 is 0 Å². The van der Waals surface area contributed by atoms with Crippen LogP contribution in [0.25, 0.3) is 0 Å². The molecule has 1 aromatic carbocycles. The molecule has 0 radical (unpaired) electrons. The van der Waals surface area contributed by atoms with Gasteiger partial charge in [-0.3, -0.25) is 19.8 Å². The SMILES string of the molecule is C[C@H](NC(=O)c1ccc(N2CCCC2)c([N+](=O)[O-])c1)[C@@H](C)N1CCOCC1. The number of morpholine rings is 1. The summed E-state index contributed by atoms with van der Waals surface area (Å²) in [5.74, 6) is -0.279. The van der Waals surface area contributed by atoms with Crippen molar-refractivity contribution in [2.24, 2.45) is 0 Å². The van der Waals surface area contributed by atoms with E-state index in [-0.39, 0.29) is 23.7 Å². The van der Waals surface area contributed by atoms with E-state index in [1.807, 2.05) is 11.8 Å². The first-order chi connectivity index (χ1) is 13.0. The van der Waals surface area contributed by atoms with E-state index in [4.69, 9.17) is 4.74 Å². The van der Waals surface area contributed by atoms with Gasteiger partial charge in [0, 0.05) is 49.9 Å². The van der Waals surface area contributed by atoms with Crippen LogP contribution in [0.15, 0.2) is 18.2 Å². The monoisotopic (exact) mass is 376 g/mol. The van der Waals surface area contributed by atoms with Gasteiger partial charge in [0.2, 0.25) is 0 Å². The van der Waals surface area contributed by atoms with E-state index < -0.39 is 4.92 Å². The average molecular weight is 376 g/mol. The number of nitro groups is 1. The van der Waals surface area contributed by atoms with E-state index in [9.17, 15) is 14.9 Å². The van der Waals surface area contributed by atoms with E-state index >= 15 is 0 Å². The van der Waals surface area contributed by atoms with E-state index in [0.29, 0.717) is 24.5 Å².